The maximum absolute atomic E-state index is 12.3. The molecule has 2 aliphatic heterocycles. The molecule has 2 heterocycles. The van der Waals surface area contributed by atoms with E-state index in [9.17, 15) is 19.2 Å². The first-order chi connectivity index (χ1) is 12.9. The second kappa shape index (κ2) is 8.04. The number of amides is 2. The van der Waals surface area contributed by atoms with E-state index in [2.05, 4.69) is 5.32 Å². The van der Waals surface area contributed by atoms with Crippen LogP contribution in [0.2, 0.25) is 0 Å². The SMILES string of the molecule is C[C@@H]1ON(OC(=O)C2CCC(=O)O2)C(=O)[C@H]1NC(=O)OCc1ccccc1. The van der Waals surface area contributed by atoms with Crippen molar-refractivity contribution in [2.45, 2.75) is 44.6 Å². The van der Waals surface area contributed by atoms with Crippen LogP contribution in [0.1, 0.15) is 25.3 Å². The highest BCUT2D eigenvalue weighted by atomic mass is 17.0. The molecule has 27 heavy (non-hydrogen) atoms. The van der Waals surface area contributed by atoms with E-state index in [-0.39, 0.29) is 19.4 Å². The van der Waals surface area contributed by atoms with Crippen LogP contribution in [0.15, 0.2) is 30.3 Å². The van der Waals surface area contributed by atoms with Gasteiger partial charge in [-0.3, -0.25) is 9.59 Å². The van der Waals surface area contributed by atoms with E-state index in [1.165, 1.54) is 6.92 Å². The minimum absolute atomic E-state index is 0.0363. The molecule has 10 heteroatoms. The van der Waals surface area contributed by atoms with Crippen LogP contribution in [0.3, 0.4) is 0 Å². The summed E-state index contributed by atoms with van der Waals surface area (Å²) in [5, 5.41) is 2.76. The van der Waals surface area contributed by atoms with E-state index >= 15 is 0 Å². The molecule has 1 unspecified atom stereocenters. The van der Waals surface area contributed by atoms with Gasteiger partial charge in [0.15, 0.2) is 0 Å². The molecule has 2 fully saturated rings. The lowest BCUT2D eigenvalue weighted by molar-refractivity contribution is -0.317. The van der Waals surface area contributed by atoms with Gasteiger partial charge in [0.25, 0.3) is 0 Å². The third-order valence-corrected chi connectivity index (χ3v) is 3.98. The maximum Gasteiger partial charge on any atom is 0.408 e. The van der Waals surface area contributed by atoms with Crippen LogP contribution in [-0.4, -0.2) is 47.4 Å². The normalized spacial score (nSPS) is 24.5. The average molecular weight is 378 g/mol. The van der Waals surface area contributed by atoms with Crippen molar-refractivity contribution in [2.75, 3.05) is 0 Å². The number of carbonyl (C=O) groups excluding carboxylic acids is 4. The van der Waals surface area contributed by atoms with Crippen molar-refractivity contribution in [2.24, 2.45) is 0 Å². The number of hydrogen-bond donors (Lipinski definition) is 1. The zero-order valence-corrected chi connectivity index (χ0v) is 14.5. The number of hydroxylamine groups is 2. The summed E-state index contributed by atoms with van der Waals surface area (Å²) in [6, 6.07) is 7.93. The summed E-state index contributed by atoms with van der Waals surface area (Å²) in [6.07, 6.45) is -2.41. The maximum atomic E-state index is 12.3. The van der Waals surface area contributed by atoms with Crippen LogP contribution >= 0.6 is 0 Å². The zero-order valence-electron chi connectivity index (χ0n) is 14.5. The van der Waals surface area contributed by atoms with E-state index in [0.29, 0.717) is 5.23 Å². The first-order valence-corrected chi connectivity index (χ1v) is 8.33. The molecule has 3 rings (SSSR count). The first kappa shape index (κ1) is 18.6. The van der Waals surface area contributed by atoms with E-state index in [1.54, 1.807) is 24.3 Å². The van der Waals surface area contributed by atoms with Gasteiger partial charge in [-0.15, -0.1) is 0 Å². The van der Waals surface area contributed by atoms with Crippen LogP contribution in [0.5, 0.6) is 0 Å². The molecule has 2 aliphatic rings. The first-order valence-electron chi connectivity index (χ1n) is 8.33. The third-order valence-electron chi connectivity index (χ3n) is 3.98. The van der Waals surface area contributed by atoms with Crippen LogP contribution in [0, 0.1) is 0 Å². The topological polar surface area (TPSA) is 120 Å². The van der Waals surface area contributed by atoms with E-state index in [4.69, 9.17) is 19.1 Å². The monoisotopic (exact) mass is 378 g/mol. The molecule has 0 aromatic heterocycles. The number of benzene rings is 1. The molecule has 0 saturated carbocycles. The average Bonchev–Trinajstić information content (AvgIpc) is 3.20. The van der Waals surface area contributed by atoms with Crippen molar-refractivity contribution in [1.82, 2.24) is 10.5 Å². The van der Waals surface area contributed by atoms with Gasteiger partial charge in [-0.05, 0) is 17.7 Å². The predicted molar refractivity (Wildman–Crippen MR) is 86.1 cm³/mol. The Balaban J connectivity index is 1.49. The predicted octanol–water partition coefficient (Wildman–Crippen LogP) is 0.608. The van der Waals surface area contributed by atoms with Gasteiger partial charge < -0.3 is 19.6 Å². The quantitative estimate of drug-likeness (QED) is 0.740. The number of nitrogens with one attached hydrogen (secondary N) is 1. The molecule has 144 valence electrons. The highest BCUT2D eigenvalue weighted by Gasteiger charge is 2.45. The number of cyclic esters (lactones) is 1. The number of rotatable bonds is 5. The fourth-order valence-corrected chi connectivity index (χ4v) is 2.55. The second-order valence-corrected chi connectivity index (χ2v) is 6.02. The molecule has 10 nitrogen and oxygen atoms in total. The van der Waals surface area contributed by atoms with Crippen molar-refractivity contribution >= 4 is 23.9 Å². The Morgan fingerprint density at radius 3 is 2.67 bits per heavy atom. The van der Waals surface area contributed by atoms with Crippen LogP contribution in [0.25, 0.3) is 0 Å². The van der Waals surface area contributed by atoms with Gasteiger partial charge in [0.2, 0.25) is 6.10 Å². The van der Waals surface area contributed by atoms with Gasteiger partial charge in [-0.25, -0.2) is 14.4 Å². The molecular formula is C17H18N2O8. The number of alkyl carbamates (subject to hydrolysis) is 1. The van der Waals surface area contributed by atoms with Gasteiger partial charge in [0, 0.05) is 12.8 Å². The fourth-order valence-electron chi connectivity index (χ4n) is 2.55. The summed E-state index contributed by atoms with van der Waals surface area (Å²) >= 11 is 0. The highest BCUT2D eigenvalue weighted by molar-refractivity contribution is 5.88. The van der Waals surface area contributed by atoms with Gasteiger partial charge in [-0.2, -0.15) is 0 Å². The number of hydrogen-bond acceptors (Lipinski definition) is 8. The fraction of sp³-hybridized carbons (Fsp3) is 0.412. The summed E-state index contributed by atoms with van der Waals surface area (Å²) in [5.74, 6) is -2.22. The summed E-state index contributed by atoms with van der Waals surface area (Å²) in [4.78, 5) is 57.1. The Hall–Kier alpha value is -3.14. The zero-order chi connectivity index (χ0) is 19.4. The van der Waals surface area contributed by atoms with E-state index in [1.807, 2.05) is 6.07 Å². The summed E-state index contributed by atoms with van der Waals surface area (Å²) in [5.41, 5.74) is 0.788. The molecule has 1 aromatic carbocycles. The number of nitrogens with zero attached hydrogens (tertiary/aromatic N) is 1. The number of carbonyl (C=O) groups is 4. The molecule has 0 radical (unpaired) electrons. The largest absolute Gasteiger partial charge is 0.450 e. The molecule has 2 amide bonds. The van der Waals surface area contributed by atoms with Crippen LogP contribution in [-0.2, 0) is 40.1 Å². The molecule has 0 spiro atoms. The highest BCUT2D eigenvalue weighted by Crippen LogP contribution is 2.20. The summed E-state index contributed by atoms with van der Waals surface area (Å²) < 4.78 is 9.82. The van der Waals surface area contributed by atoms with Gasteiger partial charge >= 0.3 is 23.9 Å². The molecule has 3 atom stereocenters. The van der Waals surface area contributed by atoms with Crippen molar-refractivity contribution in [3.05, 3.63) is 35.9 Å². The third kappa shape index (κ3) is 4.53. The molecule has 1 N–H and O–H groups in total. The van der Waals surface area contributed by atoms with Gasteiger partial charge in [0.1, 0.15) is 18.8 Å². The minimum Gasteiger partial charge on any atom is -0.450 e. The lowest BCUT2D eigenvalue weighted by Gasteiger charge is -2.15. The lowest BCUT2D eigenvalue weighted by Crippen LogP contribution is -2.45. The Labute approximate surface area is 154 Å². The van der Waals surface area contributed by atoms with Crippen molar-refractivity contribution in [3.8, 4) is 0 Å². The lowest BCUT2D eigenvalue weighted by atomic mass is 10.2. The summed E-state index contributed by atoms with van der Waals surface area (Å²) in [6.45, 7) is 1.55. The Kier molecular flexibility index (Phi) is 5.55. The number of esters is 1. The summed E-state index contributed by atoms with van der Waals surface area (Å²) in [7, 11) is 0. The van der Waals surface area contributed by atoms with Crippen molar-refractivity contribution in [1.29, 1.82) is 0 Å². The van der Waals surface area contributed by atoms with Gasteiger partial charge in [-0.1, -0.05) is 30.3 Å². The standard InChI is InChI=1S/C17H18N2O8/c1-10-14(18-17(23)24-9-11-5-3-2-4-6-11)15(21)19(26-10)27-16(22)12-7-8-13(20)25-12/h2-6,10,12,14H,7-9H2,1H3,(H,18,23)/t10-,12?,14-/m0/s1. The van der Waals surface area contributed by atoms with Crippen molar-refractivity contribution in [3.63, 3.8) is 0 Å². The van der Waals surface area contributed by atoms with Crippen molar-refractivity contribution < 1.29 is 38.3 Å². The van der Waals surface area contributed by atoms with Crippen LogP contribution in [0.4, 0.5) is 4.79 Å². The Bertz CT molecular complexity index is 738. The smallest absolute Gasteiger partial charge is 0.408 e. The molecule has 0 bridgehead atoms. The van der Waals surface area contributed by atoms with Crippen LogP contribution < -0.4 is 5.32 Å². The molecule has 1 aromatic rings. The van der Waals surface area contributed by atoms with E-state index < -0.39 is 42.2 Å². The minimum atomic E-state index is -1.09. The van der Waals surface area contributed by atoms with E-state index in [0.717, 1.165) is 5.56 Å². The molecular weight excluding hydrogens is 360 g/mol. The Morgan fingerprint density at radius 2 is 2.00 bits per heavy atom. The van der Waals surface area contributed by atoms with Gasteiger partial charge in [0.05, 0.1) is 0 Å². The Morgan fingerprint density at radius 1 is 1.26 bits per heavy atom. The molecule has 0 aliphatic carbocycles. The number of ether oxygens (including phenoxy) is 2. The second-order valence-electron chi connectivity index (χ2n) is 6.02. The molecule has 2 saturated heterocycles.